The van der Waals surface area contributed by atoms with Crippen molar-refractivity contribution < 1.29 is 4.79 Å². The third kappa shape index (κ3) is 2.99. The fourth-order valence-corrected chi connectivity index (χ4v) is 1.85. The number of H-pyrrole nitrogens is 1. The van der Waals surface area contributed by atoms with Crippen LogP contribution in [0.25, 0.3) is 0 Å². The Morgan fingerprint density at radius 3 is 3.00 bits per heavy atom. The summed E-state index contributed by atoms with van der Waals surface area (Å²) in [4.78, 5) is 28.7. The molecule has 1 aromatic heterocycles. The van der Waals surface area contributed by atoms with Crippen molar-refractivity contribution in [3.8, 4) is 0 Å². The predicted molar refractivity (Wildman–Crippen MR) is 55.5 cm³/mol. The molecule has 1 aromatic rings. The Bertz CT molecular complexity index is 375. The second kappa shape index (κ2) is 4.95. The van der Waals surface area contributed by atoms with E-state index in [1.807, 2.05) is 13.8 Å². The van der Waals surface area contributed by atoms with Gasteiger partial charge in [-0.25, -0.2) is 4.98 Å². The zero-order valence-corrected chi connectivity index (χ0v) is 8.93. The molecule has 1 unspecified atom stereocenters. The summed E-state index contributed by atoms with van der Waals surface area (Å²) < 4.78 is 0. The number of nitrogens with one attached hydrogen (secondary N) is 1. The van der Waals surface area contributed by atoms with Crippen LogP contribution in [0.2, 0.25) is 0 Å². The standard InChI is InChI=1S/C9H12N2O2S/c1-3-7(12)6(2)14-9-10-5-4-8(13)11-9/h4-6H,3H2,1-2H3,(H,10,11,13). The summed E-state index contributed by atoms with van der Waals surface area (Å²) >= 11 is 1.27. The summed E-state index contributed by atoms with van der Waals surface area (Å²) in [5.41, 5.74) is -0.196. The Morgan fingerprint density at radius 2 is 2.43 bits per heavy atom. The van der Waals surface area contributed by atoms with Crippen molar-refractivity contribution in [1.82, 2.24) is 9.97 Å². The maximum absolute atomic E-state index is 11.3. The number of aromatic amines is 1. The predicted octanol–water partition coefficient (Wildman–Crippen LogP) is 1.23. The first kappa shape index (κ1) is 11.0. The average Bonchev–Trinajstić information content (AvgIpc) is 2.16. The van der Waals surface area contributed by atoms with Crippen LogP contribution in [0.15, 0.2) is 22.2 Å². The fourth-order valence-electron chi connectivity index (χ4n) is 0.933. The minimum atomic E-state index is -0.196. The number of ketones is 1. The van der Waals surface area contributed by atoms with Crippen molar-refractivity contribution in [3.63, 3.8) is 0 Å². The van der Waals surface area contributed by atoms with Gasteiger partial charge in [0.2, 0.25) is 0 Å². The van der Waals surface area contributed by atoms with Crippen molar-refractivity contribution in [1.29, 1.82) is 0 Å². The first-order valence-corrected chi connectivity index (χ1v) is 5.26. The molecule has 0 amide bonds. The monoisotopic (exact) mass is 212 g/mol. The van der Waals surface area contributed by atoms with E-state index in [1.165, 1.54) is 24.0 Å². The molecule has 0 aliphatic heterocycles. The van der Waals surface area contributed by atoms with Gasteiger partial charge in [0, 0.05) is 18.7 Å². The molecular formula is C9H12N2O2S. The van der Waals surface area contributed by atoms with Gasteiger partial charge < -0.3 is 4.98 Å². The molecule has 5 heteroatoms. The molecule has 0 spiro atoms. The molecule has 76 valence electrons. The van der Waals surface area contributed by atoms with Crippen LogP contribution >= 0.6 is 11.8 Å². The van der Waals surface area contributed by atoms with E-state index in [-0.39, 0.29) is 16.6 Å². The number of hydrogen-bond acceptors (Lipinski definition) is 4. The van der Waals surface area contributed by atoms with Crippen LogP contribution in [0.4, 0.5) is 0 Å². The molecule has 0 aliphatic rings. The van der Waals surface area contributed by atoms with Crippen LogP contribution in [0, 0.1) is 0 Å². The first-order chi connectivity index (χ1) is 6.63. The quantitative estimate of drug-likeness (QED) is 0.602. The highest BCUT2D eigenvalue weighted by Gasteiger charge is 2.12. The second-order valence-corrected chi connectivity index (χ2v) is 4.15. The summed E-state index contributed by atoms with van der Waals surface area (Å²) in [6.45, 7) is 3.63. The van der Waals surface area contributed by atoms with Gasteiger partial charge in [-0.05, 0) is 6.92 Å². The van der Waals surface area contributed by atoms with Crippen LogP contribution in [-0.4, -0.2) is 21.0 Å². The highest BCUT2D eigenvalue weighted by Crippen LogP contribution is 2.18. The Labute approximate surface area is 86.1 Å². The topological polar surface area (TPSA) is 62.8 Å². The van der Waals surface area contributed by atoms with Crippen LogP contribution < -0.4 is 5.56 Å². The Hall–Kier alpha value is -1.10. The van der Waals surface area contributed by atoms with Crippen LogP contribution in [0.3, 0.4) is 0 Å². The van der Waals surface area contributed by atoms with Gasteiger partial charge in [0.25, 0.3) is 5.56 Å². The Balaban J connectivity index is 2.69. The molecule has 1 heterocycles. The largest absolute Gasteiger partial charge is 0.301 e. The fraction of sp³-hybridized carbons (Fsp3) is 0.444. The summed E-state index contributed by atoms with van der Waals surface area (Å²) in [6.07, 6.45) is 1.94. The van der Waals surface area contributed by atoms with Gasteiger partial charge in [0.05, 0.1) is 5.25 Å². The van der Waals surface area contributed by atoms with Crippen molar-refractivity contribution in [3.05, 3.63) is 22.6 Å². The van der Waals surface area contributed by atoms with E-state index >= 15 is 0 Å². The van der Waals surface area contributed by atoms with Crippen molar-refractivity contribution in [2.45, 2.75) is 30.7 Å². The highest BCUT2D eigenvalue weighted by atomic mass is 32.2. The number of nitrogens with zero attached hydrogens (tertiary/aromatic N) is 1. The molecule has 14 heavy (non-hydrogen) atoms. The normalized spacial score (nSPS) is 12.4. The minimum absolute atomic E-state index is 0.154. The van der Waals surface area contributed by atoms with Crippen LogP contribution in [0.1, 0.15) is 20.3 Å². The third-order valence-corrected chi connectivity index (χ3v) is 2.79. The summed E-state index contributed by atoms with van der Waals surface area (Å²) in [6, 6.07) is 1.34. The van der Waals surface area contributed by atoms with E-state index < -0.39 is 0 Å². The number of carbonyl (C=O) groups is 1. The molecule has 1 rings (SSSR count). The van der Waals surface area contributed by atoms with Gasteiger partial charge in [-0.2, -0.15) is 0 Å². The molecule has 1 N–H and O–H groups in total. The number of Topliss-reactive ketones (excluding diaryl/α,β-unsaturated/α-hetero) is 1. The second-order valence-electron chi connectivity index (χ2n) is 2.82. The maximum atomic E-state index is 11.3. The summed E-state index contributed by atoms with van der Waals surface area (Å²) in [5, 5.41) is 0.331. The lowest BCUT2D eigenvalue weighted by atomic mass is 10.2. The highest BCUT2D eigenvalue weighted by molar-refractivity contribution is 8.00. The number of rotatable bonds is 4. The van der Waals surface area contributed by atoms with Crippen LogP contribution in [-0.2, 0) is 4.79 Å². The molecule has 0 fully saturated rings. The lowest BCUT2D eigenvalue weighted by Gasteiger charge is -2.06. The Morgan fingerprint density at radius 1 is 1.71 bits per heavy atom. The molecule has 0 bridgehead atoms. The van der Waals surface area contributed by atoms with Gasteiger partial charge in [-0.15, -0.1) is 0 Å². The first-order valence-electron chi connectivity index (χ1n) is 4.38. The number of carbonyl (C=O) groups excluding carboxylic acids is 1. The molecule has 0 aromatic carbocycles. The van der Waals surface area contributed by atoms with Gasteiger partial charge in [0.15, 0.2) is 5.16 Å². The zero-order valence-electron chi connectivity index (χ0n) is 8.11. The molecule has 0 saturated carbocycles. The summed E-state index contributed by atoms with van der Waals surface area (Å²) in [7, 11) is 0. The molecule has 0 saturated heterocycles. The van der Waals surface area contributed by atoms with Crippen molar-refractivity contribution in [2.24, 2.45) is 0 Å². The zero-order chi connectivity index (χ0) is 10.6. The summed E-state index contributed by atoms with van der Waals surface area (Å²) in [5.74, 6) is 0.154. The van der Waals surface area contributed by atoms with Crippen molar-refractivity contribution >= 4 is 17.5 Å². The van der Waals surface area contributed by atoms with E-state index in [9.17, 15) is 9.59 Å². The van der Waals surface area contributed by atoms with Crippen LogP contribution in [0.5, 0.6) is 0 Å². The molecular weight excluding hydrogens is 200 g/mol. The number of thioether (sulfide) groups is 1. The van der Waals surface area contributed by atoms with E-state index in [0.717, 1.165) is 0 Å². The smallest absolute Gasteiger partial charge is 0.251 e. The minimum Gasteiger partial charge on any atom is -0.301 e. The average molecular weight is 212 g/mol. The lowest BCUT2D eigenvalue weighted by molar-refractivity contribution is -0.118. The van der Waals surface area contributed by atoms with Gasteiger partial charge >= 0.3 is 0 Å². The Kier molecular flexibility index (Phi) is 3.88. The van der Waals surface area contributed by atoms with Gasteiger partial charge in [-0.1, -0.05) is 18.7 Å². The third-order valence-electron chi connectivity index (χ3n) is 1.74. The van der Waals surface area contributed by atoms with E-state index in [2.05, 4.69) is 9.97 Å². The number of aromatic nitrogens is 2. The van der Waals surface area contributed by atoms with E-state index in [1.54, 1.807) is 0 Å². The molecule has 0 aliphatic carbocycles. The van der Waals surface area contributed by atoms with E-state index in [0.29, 0.717) is 11.6 Å². The van der Waals surface area contributed by atoms with Crippen molar-refractivity contribution in [2.75, 3.05) is 0 Å². The molecule has 1 atom stereocenters. The van der Waals surface area contributed by atoms with Gasteiger partial charge in [0.1, 0.15) is 5.78 Å². The number of hydrogen-bond donors (Lipinski definition) is 1. The SMILES string of the molecule is CCC(=O)C(C)Sc1nccc(=O)[nH]1. The molecule has 0 radical (unpaired) electrons. The maximum Gasteiger partial charge on any atom is 0.251 e. The lowest BCUT2D eigenvalue weighted by Crippen LogP contribution is -2.14. The van der Waals surface area contributed by atoms with E-state index in [4.69, 9.17) is 0 Å². The van der Waals surface area contributed by atoms with Gasteiger partial charge in [-0.3, -0.25) is 9.59 Å². The molecule has 4 nitrogen and oxygen atoms in total.